The summed E-state index contributed by atoms with van der Waals surface area (Å²) in [7, 11) is 0. The Morgan fingerprint density at radius 2 is 1.87 bits per heavy atom. The van der Waals surface area contributed by atoms with Crippen LogP contribution in [-0.2, 0) is 4.79 Å². The molecule has 3 nitrogen and oxygen atoms in total. The summed E-state index contributed by atoms with van der Waals surface area (Å²) in [5.74, 6) is -0.0765. The molecule has 0 bridgehead atoms. The molecule has 0 spiro atoms. The van der Waals surface area contributed by atoms with E-state index in [9.17, 15) is 4.79 Å². The van der Waals surface area contributed by atoms with Gasteiger partial charge in [0.15, 0.2) is 0 Å². The van der Waals surface area contributed by atoms with Gasteiger partial charge >= 0.3 is 0 Å². The molecule has 0 aliphatic carbocycles. The molecule has 2 N–H and O–H groups in total. The van der Waals surface area contributed by atoms with Gasteiger partial charge in [-0.2, -0.15) is 0 Å². The first-order valence-corrected chi connectivity index (χ1v) is 5.93. The number of amides is 1. The molecule has 88 valence electrons. The van der Waals surface area contributed by atoms with Crippen molar-refractivity contribution in [1.82, 2.24) is 10.9 Å². The number of carbonyl (C=O) groups is 1. The van der Waals surface area contributed by atoms with E-state index >= 15 is 0 Å². The van der Waals surface area contributed by atoms with Crippen molar-refractivity contribution in [1.29, 1.82) is 0 Å². The fraction of sp³-hybridized carbons (Fsp3) is 0.750. The lowest BCUT2D eigenvalue weighted by molar-refractivity contribution is -0.118. The summed E-state index contributed by atoms with van der Waals surface area (Å²) in [6, 6.07) is 0. The fourth-order valence-electron chi connectivity index (χ4n) is 1.29. The summed E-state index contributed by atoms with van der Waals surface area (Å²) in [6.07, 6.45) is 6.55. The topological polar surface area (TPSA) is 41.1 Å². The third kappa shape index (κ3) is 8.18. The van der Waals surface area contributed by atoms with Crippen molar-refractivity contribution in [3.63, 3.8) is 0 Å². The Bertz CT molecular complexity index is 190. The fourth-order valence-corrected chi connectivity index (χ4v) is 1.29. The van der Waals surface area contributed by atoms with Crippen LogP contribution in [0.15, 0.2) is 12.2 Å². The van der Waals surface area contributed by atoms with Gasteiger partial charge in [-0.15, -0.1) is 0 Å². The molecule has 0 heterocycles. The third-order valence-corrected chi connectivity index (χ3v) is 2.23. The molecule has 0 rings (SSSR count). The van der Waals surface area contributed by atoms with Crippen LogP contribution in [0.4, 0.5) is 0 Å². The minimum Gasteiger partial charge on any atom is -0.288 e. The van der Waals surface area contributed by atoms with E-state index in [0.29, 0.717) is 5.57 Å². The zero-order valence-electron chi connectivity index (χ0n) is 10.1. The van der Waals surface area contributed by atoms with Gasteiger partial charge in [0.05, 0.1) is 0 Å². The van der Waals surface area contributed by atoms with E-state index in [0.717, 1.165) is 25.8 Å². The van der Waals surface area contributed by atoms with Crippen LogP contribution < -0.4 is 10.9 Å². The van der Waals surface area contributed by atoms with Gasteiger partial charge in [0, 0.05) is 12.1 Å². The maximum atomic E-state index is 11.3. The lowest BCUT2D eigenvalue weighted by Crippen LogP contribution is -2.38. The number of hydrazine groups is 1. The lowest BCUT2D eigenvalue weighted by atomic mass is 10.2. The van der Waals surface area contributed by atoms with Gasteiger partial charge in [-0.3, -0.25) is 10.2 Å². The molecular formula is C12H24N2O. The van der Waals surface area contributed by atoms with E-state index < -0.39 is 0 Å². The molecule has 0 fully saturated rings. The van der Waals surface area contributed by atoms with Gasteiger partial charge in [0.1, 0.15) is 0 Å². The zero-order valence-corrected chi connectivity index (χ0v) is 10.1. The van der Waals surface area contributed by atoms with Gasteiger partial charge < -0.3 is 0 Å². The predicted octanol–water partition coefficient (Wildman–Crippen LogP) is 2.54. The van der Waals surface area contributed by atoms with Crippen LogP contribution in [0.2, 0.25) is 0 Å². The summed E-state index contributed by atoms with van der Waals surface area (Å²) in [6.45, 7) is 8.78. The molecule has 15 heavy (non-hydrogen) atoms. The van der Waals surface area contributed by atoms with Crippen LogP contribution >= 0.6 is 0 Å². The Kier molecular flexibility index (Phi) is 9.18. The largest absolute Gasteiger partial charge is 0.288 e. The van der Waals surface area contributed by atoms with Crippen molar-refractivity contribution in [2.75, 3.05) is 6.54 Å². The molecule has 0 aromatic carbocycles. The standard InChI is InChI=1S/C12H24N2O/c1-4-6-7-8-10-13-14-12(15)11(3)9-5-2/h13H,3-10H2,1-2H3,(H,14,15). The van der Waals surface area contributed by atoms with Crippen molar-refractivity contribution < 1.29 is 4.79 Å². The van der Waals surface area contributed by atoms with Crippen LogP contribution in [-0.4, -0.2) is 12.5 Å². The maximum Gasteiger partial charge on any atom is 0.260 e. The maximum absolute atomic E-state index is 11.3. The zero-order chi connectivity index (χ0) is 11.5. The molecule has 0 aromatic heterocycles. The molecular weight excluding hydrogens is 188 g/mol. The van der Waals surface area contributed by atoms with Crippen LogP contribution in [0.1, 0.15) is 52.4 Å². The second-order valence-electron chi connectivity index (χ2n) is 3.80. The second-order valence-corrected chi connectivity index (χ2v) is 3.80. The van der Waals surface area contributed by atoms with Crippen molar-refractivity contribution in [2.45, 2.75) is 52.4 Å². The summed E-state index contributed by atoms with van der Waals surface area (Å²) >= 11 is 0. The highest BCUT2D eigenvalue weighted by atomic mass is 16.2. The lowest BCUT2D eigenvalue weighted by Gasteiger charge is -2.08. The molecule has 0 saturated heterocycles. The van der Waals surface area contributed by atoms with Crippen LogP contribution in [0.5, 0.6) is 0 Å². The number of unbranched alkanes of at least 4 members (excludes halogenated alkanes) is 3. The number of hydrogen-bond acceptors (Lipinski definition) is 2. The Labute approximate surface area is 93.3 Å². The van der Waals surface area contributed by atoms with E-state index in [2.05, 4.69) is 24.4 Å². The Morgan fingerprint density at radius 1 is 1.13 bits per heavy atom. The third-order valence-electron chi connectivity index (χ3n) is 2.23. The normalized spacial score (nSPS) is 10.0. The number of rotatable bonds is 9. The molecule has 1 amide bonds. The Morgan fingerprint density at radius 3 is 2.47 bits per heavy atom. The average Bonchev–Trinajstić information content (AvgIpc) is 2.23. The predicted molar refractivity (Wildman–Crippen MR) is 64.3 cm³/mol. The monoisotopic (exact) mass is 212 g/mol. The molecule has 0 aromatic rings. The molecule has 0 atom stereocenters. The van der Waals surface area contributed by atoms with Crippen LogP contribution in [0.3, 0.4) is 0 Å². The van der Waals surface area contributed by atoms with Gasteiger partial charge in [-0.25, -0.2) is 5.43 Å². The minimum absolute atomic E-state index is 0.0765. The molecule has 0 aliphatic rings. The van der Waals surface area contributed by atoms with E-state index in [4.69, 9.17) is 0 Å². The average molecular weight is 212 g/mol. The van der Waals surface area contributed by atoms with Crippen molar-refractivity contribution in [3.05, 3.63) is 12.2 Å². The van der Waals surface area contributed by atoms with E-state index in [-0.39, 0.29) is 5.91 Å². The molecule has 0 radical (unpaired) electrons. The van der Waals surface area contributed by atoms with E-state index in [1.165, 1.54) is 19.3 Å². The van der Waals surface area contributed by atoms with E-state index in [1.807, 2.05) is 6.92 Å². The SMILES string of the molecule is C=C(CCC)C(=O)NNCCCCCC. The quantitative estimate of drug-likeness (QED) is 0.350. The van der Waals surface area contributed by atoms with Crippen molar-refractivity contribution in [2.24, 2.45) is 0 Å². The van der Waals surface area contributed by atoms with Crippen LogP contribution in [0.25, 0.3) is 0 Å². The first-order chi connectivity index (χ1) is 7.22. The van der Waals surface area contributed by atoms with Crippen molar-refractivity contribution >= 4 is 5.91 Å². The molecule has 0 unspecified atom stereocenters. The van der Waals surface area contributed by atoms with Gasteiger partial charge in [-0.05, 0) is 12.8 Å². The Hall–Kier alpha value is -0.830. The Balaban J connectivity index is 3.35. The number of nitrogens with one attached hydrogen (secondary N) is 2. The van der Waals surface area contributed by atoms with Gasteiger partial charge in [0.2, 0.25) is 0 Å². The summed E-state index contributed by atoms with van der Waals surface area (Å²) < 4.78 is 0. The first kappa shape index (κ1) is 14.2. The van der Waals surface area contributed by atoms with Crippen molar-refractivity contribution in [3.8, 4) is 0 Å². The highest BCUT2D eigenvalue weighted by Gasteiger charge is 2.03. The second kappa shape index (κ2) is 9.71. The first-order valence-electron chi connectivity index (χ1n) is 5.93. The number of carbonyl (C=O) groups excluding carboxylic acids is 1. The summed E-state index contributed by atoms with van der Waals surface area (Å²) in [5, 5.41) is 0. The number of hydrogen-bond donors (Lipinski definition) is 2. The summed E-state index contributed by atoms with van der Waals surface area (Å²) in [4.78, 5) is 11.3. The molecule has 0 saturated carbocycles. The molecule has 0 aliphatic heterocycles. The van der Waals surface area contributed by atoms with Gasteiger partial charge in [0.25, 0.3) is 5.91 Å². The highest BCUT2D eigenvalue weighted by Crippen LogP contribution is 2.00. The van der Waals surface area contributed by atoms with E-state index in [1.54, 1.807) is 0 Å². The summed E-state index contributed by atoms with van der Waals surface area (Å²) in [5.41, 5.74) is 6.23. The smallest absolute Gasteiger partial charge is 0.260 e. The van der Waals surface area contributed by atoms with Crippen LogP contribution in [0, 0.1) is 0 Å². The van der Waals surface area contributed by atoms with Gasteiger partial charge in [-0.1, -0.05) is 46.1 Å². The highest BCUT2D eigenvalue weighted by molar-refractivity contribution is 5.92. The minimum atomic E-state index is -0.0765. The molecule has 3 heteroatoms.